The van der Waals surface area contributed by atoms with Crippen LogP contribution in [0.1, 0.15) is 90.2 Å². The number of amides is 3. The Bertz CT molecular complexity index is 1390. The van der Waals surface area contributed by atoms with Gasteiger partial charge >= 0.3 is 0 Å². The molecular formula is C31H39N5O4S. The monoisotopic (exact) mass is 577 g/mol. The van der Waals surface area contributed by atoms with E-state index < -0.39 is 23.4 Å². The topological polar surface area (TPSA) is 127 Å². The van der Waals surface area contributed by atoms with Gasteiger partial charge in [0.05, 0.1) is 12.8 Å². The average molecular weight is 578 g/mol. The summed E-state index contributed by atoms with van der Waals surface area (Å²) in [5.41, 5.74) is 7.97. The number of hydrogen-bond acceptors (Lipinski definition) is 7. The van der Waals surface area contributed by atoms with Gasteiger partial charge in [-0.3, -0.25) is 19.3 Å². The number of nitrogens with zero attached hydrogens (tertiary/aromatic N) is 2. The molecule has 1 heterocycles. The first-order chi connectivity index (χ1) is 19.5. The lowest BCUT2D eigenvalue weighted by atomic mass is 9.95. The van der Waals surface area contributed by atoms with Gasteiger partial charge in [-0.05, 0) is 69.8 Å². The van der Waals surface area contributed by atoms with Gasteiger partial charge in [-0.15, -0.1) is 0 Å². The molecular weight excluding hydrogens is 538 g/mol. The van der Waals surface area contributed by atoms with Gasteiger partial charge in [0.1, 0.15) is 16.7 Å². The molecule has 0 radical (unpaired) electrons. The molecule has 10 heteroatoms. The molecule has 0 spiro atoms. The molecule has 41 heavy (non-hydrogen) atoms. The number of methoxy groups -OCH3 is 1. The highest BCUT2D eigenvalue weighted by Crippen LogP contribution is 2.35. The van der Waals surface area contributed by atoms with Crippen LogP contribution in [0, 0.1) is 6.92 Å². The van der Waals surface area contributed by atoms with E-state index in [0.717, 1.165) is 49.2 Å². The minimum Gasteiger partial charge on any atom is -0.497 e. The van der Waals surface area contributed by atoms with Crippen LogP contribution in [0.2, 0.25) is 0 Å². The Kier molecular flexibility index (Phi) is 9.32. The van der Waals surface area contributed by atoms with E-state index in [0.29, 0.717) is 17.0 Å². The number of aromatic nitrogens is 1. The van der Waals surface area contributed by atoms with E-state index >= 15 is 0 Å². The van der Waals surface area contributed by atoms with Gasteiger partial charge in [-0.2, -0.15) is 4.37 Å². The molecule has 1 aliphatic carbocycles. The van der Waals surface area contributed by atoms with Crippen LogP contribution < -0.4 is 26.0 Å². The molecule has 3 amide bonds. The fraction of sp³-hybridized carbons (Fsp3) is 0.419. The number of carbonyl (C=O) groups excluding carboxylic acids is 3. The van der Waals surface area contributed by atoms with Gasteiger partial charge in [0, 0.05) is 23.3 Å². The Labute approximate surface area is 245 Å². The van der Waals surface area contributed by atoms with E-state index in [9.17, 15) is 14.4 Å². The Morgan fingerprint density at radius 1 is 1.07 bits per heavy atom. The van der Waals surface area contributed by atoms with E-state index in [1.807, 2.05) is 52.0 Å². The van der Waals surface area contributed by atoms with Crippen molar-refractivity contribution < 1.29 is 19.1 Å². The van der Waals surface area contributed by atoms with Crippen molar-refractivity contribution in [3.8, 4) is 5.75 Å². The van der Waals surface area contributed by atoms with E-state index in [2.05, 4.69) is 15.0 Å². The number of benzene rings is 2. The molecule has 2 aromatic carbocycles. The maximum Gasteiger partial charge on any atom is 0.273 e. The van der Waals surface area contributed by atoms with Crippen LogP contribution in [-0.4, -0.2) is 40.8 Å². The summed E-state index contributed by atoms with van der Waals surface area (Å²) in [4.78, 5) is 42.9. The predicted octanol–water partition coefficient (Wildman–Crippen LogP) is 5.41. The third kappa shape index (κ3) is 7.24. The largest absolute Gasteiger partial charge is 0.497 e. The summed E-state index contributed by atoms with van der Waals surface area (Å²) >= 11 is 0.857. The lowest BCUT2D eigenvalue weighted by Gasteiger charge is -2.33. The number of aryl methyl sites for hydroxylation is 1. The molecule has 218 valence electrons. The maximum atomic E-state index is 14.4. The molecule has 1 fully saturated rings. The summed E-state index contributed by atoms with van der Waals surface area (Å²) in [6.07, 6.45) is 5.11. The number of carbonyl (C=O) groups is 3. The van der Waals surface area contributed by atoms with Gasteiger partial charge in [0.25, 0.3) is 11.8 Å². The van der Waals surface area contributed by atoms with E-state index in [1.165, 1.54) is 12.0 Å². The zero-order chi connectivity index (χ0) is 29.7. The molecule has 9 nitrogen and oxygen atoms in total. The minimum atomic E-state index is -1.05. The first kappa shape index (κ1) is 30.0. The molecule has 1 saturated carbocycles. The van der Waals surface area contributed by atoms with Crippen molar-refractivity contribution in [1.29, 1.82) is 0 Å². The number of nitrogens with two attached hydrogens (primary N) is 1. The Morgan fingerprint density at radius 2 is 1.76 bits per heavy atom. The molecule has 3 aromatic rings. The normalized spacial score (nSPS) is 14.7. The summed E-state index contributed by atoms with van der Waals surface area (Å²) in [6.45, 7) is 7.60. The van der Waals surface area contributed by atoms with Crippen LogP contribution in [0.3, 0.4) is 0 Å². The number of hydrogen-bond donors (Lipinski definition) is 3. The van der Waals surface area contributed by atoms with Crippen molar-refractivity contribution in [2.75, 3.05) is 17.7 Å². The minimum absolute atomic E-state index is 0.0000845. The zero-order valence-electron chi connectivity index (χ0n) is 24.3. The second-order valence-corrected chi connectivity index (χ2v) is 12.3. The van der Waals surface area contributed by atoms with Crippen molar-refractivity contribution in [3.63, 3.8) is 0 Å². The van der Waals surface area contributed by atoms with Crippen molar-refractivity contribution in [3.05, 3.63) is 70.2 Å². The Morgan fingerprint density at radius 3 is 2.39 bits per heavy atom. The van der Waals surface area contributed by atoms with Gasteiger partial charge in [-0.1, -0.05) is 55.2 Å². The summed E-state index contributed by atoms with van der Waals surface area (Å²) in [6, 6.07) is 13.4. The van der Waals surface area contributed by atoms with Crippen LogP contribution in [-0.2, 0) is 4.79 Å². The first-order valence-corrected chi connectivity index (χ1v) is 14.7. The van der Waals surface area contributed by atoms with E-state index in [4.69, 9.17) is 10.5 Å². The first-order valence-electron chi connectivity index (χ1n) is 13.9. The standard InChI is InChI=1S/C31H39N5O4S/c1-19-14-16-20(17-15-19)26(29(38)34-31(2,3)4)36(22-12-9-13-23(18-22)40-5)30(39)27-24(32)25(35-41-27)28(37)33-21-10-7-6-8-11-21/h9,12-18,21,26H,6-8,10-11,32H2,1-5H3,(H,33,37)(H,34,38). The molecule has 4 rings (SSSR count). The second kappa shape index (κ2) is 12.7. The summed E-state index contributed by atoms with van der Waals surface area (Å²) in [7, 11) is 1.54. The lowest BCUT2D eigenvalue weighted by Crippen LogP contribution is -2.49. The molecule has 1 unspecified atom stereocenters. The van der Waals surface area contributed by atoms with Gasteiger partial charge in [0.15, 0.2) is 5.69 Å². The SMILES string of the molecule is COc1cccc(N(C(=O)c2snc(C(=O)NC3CCCCC3)c2N)C(C(=O)NC(C)(C)C)c2ccc(C)cc2)c1. The van der Waals surface area contributed by atoms with Crippen molar-refractivity contribution >= 4 is 40.6 Å². The van der Waals surface area contributed by atoms with Crippen LogP contribution in [0.4, 0.5) is 11.4 Å². The molecule has 4 N–H and O–H groups in total. The van der Waals surface area contributed by atoms with Gasteiger partial charge in [-0.25, -0.2) is 0 Å². The molecule has 0 aliphatic heterocycles. The summed E-state index contributed by atoms with van der Waals surface area (Å²) in [5.74, 6) is -0.780. The van der Waals surface area contributed by atoms with E-state index in [-0.39, 0.29) is 28.2 Å². The highest BCUT2D eigenvalue weighted by atomic mass is 32.1. The van der Waals surface area contributed by atoms with Crippen LogP contribution in [0.5, 0.6) is 5.75 Å². The third-order valence-electron chi connectivity index (χ3n) is 7.03. The highest BCUT2D eigenvalue weighted by molar-refractivity contribution is 7.09. The number of rotatable bonds is 8. The van der Waals surface area contributed by atoms with Crippen molar-refractivity contribution in [2.24, 2.45) is 0 Å². The third-order valence-corrected chi connectivity index (χ3v) is 7.88. The average Bonchev–Trinajstić information content (AvgIpc) is 3.33. The predicted molar refractivity (Wildman–Crippen MR) is 162 cm³/mol. The smallest absolute Gasteiger partial charge is 0.273 e. The number of ether oxygens (including phenoxy) is 1. The zero-order valence-corrected chi connectivity index (χ0v) is 25.1. The van der Waals surface area contributed by atoms with E-state index in [1.54, 1.807) is 24.3 Å². The fourth-order valence-corrected chi connectivity index (χ4v) is 5.71. The fourth-order valence-electron chi connectivity index (χ4n) is 4.97. The molecule has 1 aromatic heterocycles. The quantitative estimate of drug-likeness (QED) is 0.329. The van der Waals surface area contributed by atoms with Gasteiger partial charge in [0.2, 0.25) is 5.91 Å². The number of nitrogen functional groups attached to an aromatic ring is 1. The Balaban J connectivity index is 1.79. The van der Waals surface area contributed by atoms with Crippen molar-refractivity contribution in [2.45, 2.75) is 77.4 Å². The molecule has 1 aliphatic rings. The second-order valence-electron chi connectivity index (χ2n) is 11.5. The van der Waals surface area contributed by atoms with Crippen LogP contribution in [0.25, 0.3) is 0 Å². The Hall–Kier alpha value is -3.92. The summed E-state index contributed by atoms with van der Waals surface area (Å²) < 4.78 is 9.73. The van der Waals surface area contributed by atoms with Crippen molar-refractivity contribution in [1.82, 2.24) is 15.0 Å². The maximum absolute atomic E-state index is 14.4. The number of nitrogens with one attached hydrogen (secondary N) is 2. The van der Waals surface area contributed by atoms with Crippen LogP contribution >= 0.6 is 11.5 Å². The van der Waals surface area contributed by atoms with Gasteiger partial charge < -0.3 is 21.1 Å². The highest BCUT2D eigenvalue weighted by Gasteiger charge is 2.37. The molecule has 1 atom stereocenters. The van der Waals surface area contributed by atoms with Crippen LogP contribution in [0.15, 0.2) is 48.5 Å². The summed E-state index contributed by atoms with van der Waals surface area (Å²) in [5, 5.41) is 6.05. The molecule has 0 bridgehead atoms. The molecule has 0 saturated heterocycles. The number of anilines is 2. The lowest BCUT2D eigenvalue weighted by molar-refractivity contribution is -0.123.